The summed E-state index contributed by atoms with van der Waals surface area (Å²) in [7, 11) is 0. The number of anilines is 1. The summed E-state index contributed by atoms with van der Waals surface area (Å²) < 4.78 is 0. The quantitative estimate of drug-likeness (QED) is 0.906. The molecular weight excluding hydrogens is 264 g/mol. The van der Waals surface area contributed by atoms with Crippen molar-refractivity contribution >= 4 is 17.4 Å². The van der Waals surface area contributed by atoms with Gasteiger partial charge in [-0.25, -0.2) is 0 Å². The second-order valence-corrected chi connectivity index (χ2v) is 5.84. The van der Waals surface area contributed by atoms with E-state index in [1.807, 2.05) is 35.5 Å². The molecule has 1 unspecified atom stereocenters. The van der Waals surface area contributed by atoms with E-state index in [1.54, 1.807) is 4.90 Å². The first-order valence-electron chi connectivity index (χ1n) is 7.19. The molecular formula is C16H20N4O. The lowest BCUT2D eigenvalue weighted by Gasteiger charge is -2.33. The van der Waals surface area contributed by atoms with Gasteiger partial charge in [0.05, 0.1) is 0 Å². The number of hydrogen-bond donors (Lipinski definition) is 1. The van der Waals surface area contributed by atoms with Gasteiger partial charge in [-0.15, -0.1) is 0 Å². The Hall–Kier alpha value is -2.30. The van der Waals surface area contributed by atoms with E-state index >= 15 is 0 Å². The van der Waals surface area contributed by atoms with E-state index in [1.165, 1.54) is 11.1 Å². The number of nitrogens with one attached hydrogen (secondary N) is 1. The molecule has 1 N–H and O–H groups in total. The van der Waals surface area contributed by atoms with Crippen molar-refractivity contribution in [2.75, 3.05) is 4.90 Å². The highest BCUT2D eigenvalue weighted by Crippen LogP contribution is 2.25. The van der Waals surface area contributed by atoms with Crippen molar-refractivity contribution in [3.8, 4) is 0 Å². The van der Waals surface area contributed by atoms with E-state index in [0.29, 0.717) is 0 Å². The number of amides is 1. The number of amidine groups is 1. The molecule has 1 aromatic rings. The molecule has 0 fully saturated rings. The van der Waals surface area contributed by atoms with E-state index < -0.39 is 6.17 Å². The number of nitrogens with zero attached hydrogens (tertiary/aromatic N) is 3. The van der Waals surface area contributed by atoms with Crippen molar-refractivity contribution in [1.29, 1.82) is 0 Å². The van der Waals surface area contributed by atoms with Gasteiger partial charge in [-0.2, -0.15) is 5.10 Å². The minimum Gasteiger partial charge on any atom is -0.303 e. The Balaban J connectivity index is 1.91. The van der Waals surface area contributed by atoms with Crippen LogP contribution in [-0.2, 0) is 4.79 Å². The van der Waals surface area contributed by atoms with Crippen molar-refractivity contribution in [3.63, 3.8) is 0 Å². The second kappa shape index (κ2) is 4.91. The van der Waals surface area contributed by atoms with Crippen LogP contribution in [0.15, 0.2) is 35.7 Å². The van der Waals surface area contributed by atoms with Crippen LogP contribution < -0.4 is 10.3 Å². The third-order valence-electron chi connectivity index (χ3n) is 3.98. The highest BCUT2D eigenvalue weighted by atomic mass is 16.2. The number of fused-ring (bicyclic) bond motifs is 1. The van der Waals surface area contributed by atoms with E-state index in [2.05, 4.69) is 38.2 Å². The summed E-state index contributed by atoms with van der Waals surface area (Å²) in [4.78, 5) is 16.3. The molecule has 0 aromatic heterocycles. The average Bonchev–Trinajstić information content (AvgIpc) is 2.87. The zero-order valence-electron chi connectivity index (χ0n) is 12.8. The summed E-state index contributed by atoms with van der Waals surface area (Å²) in [6.07, 6.45) is 3.29. The Morgan fingerprint density at radius 2 is 1.95 bits per heavy atom. The largest absolute Gasteiger partial charge is 0.303 e. The van der Waals surface area contributed by atoms with Crippen LogP contribution >= 0.6 is 0 Å². The molecule has 0 radical (unpaired) electrons. The first kappa shape index (κ1) is 13.7. The summed E-state index contributed by atoms with van der Waals surface area (Å²) in [6.45, 7) is 8.25. The molecule has 1 amide bonds. The van der Waals surface area contributed by atoms with Gasteiger partial charge in [-0.1, -0.05) is 19.9 Å². The van der Waals surface area contributed by atoms with Gasteiger partial charge in [0.15, 0.2) is 0 Å². The van der Waals surface area contributed by atoms with Gasteiger partial charge in [-0.05, 0) is 37.1 Å². The molecule has 3 rings (SSSR count). The third-order valence-corrected chi connectivity index (χ3v) is 3.98. The molecule has 0 bridgehead atoms. The zero-order chi connectivity index (χ0) is 15.1. The number of benzene rings is 1. The van der Waals surface area contributed by atoms with E-state index in [9.17, 15) is 4.79 Å². The van der Waals surface area contributed by atoms with Crippen LogP contribution in [0, 0.1) is 19.8 Å². The maximum absolute atomic E-state index is 12.7. The van der Waals surface area contributed by atoms with Gasteiger partial charge in [0.25, 0.3) is 5.91 Å². The Labute approximate surface area is 124 Å². The average molecular weight is 284 g/mol. The lowest BCUT2D eigenvalue weighted by Crippen LogP contribution is -2.52. The van der Waals surface area contributed by atoms with E-state index in [-0.39, 0.29) is 11.8 Å². The van der Waals surface area contributed by atoms with Crippen LogP contribution in [0.4, 0.5) is 5.69 Å². The third kappa shape index (κ3) is 2.18. The van der Waals surface area contributed by atoms with E-state index in [0.717, 1.165) is 11.5 Å². The Bertz CT molecular complexity index is 648. The van der Waals surface area contributed by atoms with Crippen molar-refractivity contribution in [1.82, 2.24) is 10.3 Å². The lowest BCUT2D eigenvalue weighted by atomic mass is 10.1. The molecule has 2 heterocycles. The molecule has 0 aliphatic carbocycles. The molecule has 0 saturated carbocycles. The maximum Gasteiger partial charge on any atom is 0.276 e. The minimum absolute atomic E-state index is 0.0137. The monoisotopic (exact) mass is 284 g/mol. The molecule has 21 heavy (non-hydrogen) atoms. The van der Waals surface area contributed by atoms with Crippen molar-refractivity contribution in [3.05, 3.63) is 41.7 Å². The number of hydrogen-bond acceptors (Lipinski definition) is 4. The highest BCUT2D eigenvalue weighted by Gasteiger charge is 2.38. The fraction of sp³-hybridized carbons (Fsp3) is 0.375. The number of carbonyl (C=O) groups is 1. The molecule has 0 spiro atoms. The Kier molecular flexibility index (Phi) is 3.20. The fourth-order valence-corrected chi connectivity index (χ4v) is 2.58. The van der Waals surface area contributed by atoms with Gasteiger partial charge in [-0.3, -0.25) is 15.1 Å². The van der Waals surface area contributed by atoms with Gasteiger partial charge < -0.3 is 4.90 Å². The maximum atomic E-state index is 12.7. The van der Waals surface area contributed by atoms with E-state index in [4.69, 9.17) is 0 Å². The number of rotatable bonds is 2. The molecule has 5 heteroatoms. The summed E-state index contributed by atoms with van der Waals surface area (Å²) >= 11 is 0. The summed E-state index contributed by atoms with van der Waals surface area (Å²) in [5.41, 5.74) is 6.22. The molecule has 5 nitrogen and oxygen atoms in total. The van der Waals surface area contributed by atoms with Gasteiger partial charge in [0, 0.05) is 24.0 Å². The zero-order valence-corrected chi connectivity index (χ0v) is 12.8. The summed E-state index contributed by atoms with van der Waals surface area (Å²) in [5, 5.41) is 4.28. The topological polar surface area (TPSA) is 47.9 Å². The van der Waals surface area contributed by atoms with Crippen LogP contribution in [0.25, 0.3) is 0 Å². The molecule has 2 aliphatic heterocycles. The standard InChI is InChI=1S/C16H20N4O/c1-10(2)14-17-18-15-16(21)19(7-8-20(14)15)13-6-5-11(3)12(4)9-13/h5-10,15,18H,1-4H3. The number of carbonyl (C=O) groups excluding carboxylic acids is 1. The predicted octanol–water partition coefficient (Wildman–Crippen LogP) is 2.32. The molecule has 1 aromatic carbocycles. The highest BCUT2D eigenvalue weighted by molar-refractivity contribution is 6.04. The predicted molar refractivity (Wildman–Crippen MR) is 83.6 cm³/mol. The SMILES string of the molecule is Cc1ccc(N2C=CN3C(C(C)C)=NNC3C2=O)cc1C. The summed E-state index contributed by atoms with van der Waals surface area (Å²) in [5.74, 6) is 1.15. The lowest BCUT2D eigenvalue weighted by molar-refractivity contribution is -0.122. The van der Waals surface area contributed by atoms with Gasteiger partial charge in [0.2, 0.25) is 6.17 Å². The van der Waals surface area contributed by atoms with Crippen LogP contribution in [0.5, 0.6) is 0 Å². The first-order chi connectivity index (χ1) is 9.99. The van der Waals surface area contributed by atoms with Crippen LogP contribution in [0.3, 0.4) is 0 Å². The van der Waals surface area contributed by atoms with Crippen LogP contribution in [-0.4, -0.2) is 22.8 Å². The minimum atomic E-state index is -0.436. The Morgan fingerprint density at radius 3 is 2.62 bits per heavy atom. The number of hydrazone groups is 1. The van der Waals surface area contributed by atoms with Crippen molar-refractivity contribution in [2.24, 2.45) is 11.0 Å². The second-order valence-electron chi connectivity index (χ2n) is 5.84. The molecule has 2 aliphatic rings. The van der Waals surface area contributed by atoms with Crippen molar-refractivity contribution < 1.29 is 4.79 Å². The fourth-order valence-electron chi connectivity index (χ4n) is 2.58. The van der Waals surface area contributed by atoms with Crippen molar-refractivity contribution in [2.45, 2.75) is 33.9 Å². The smallest absolute Gasteiger partial charge is 0.276 e. The number of aryl methyl sites for hydroxylation is 2. The summed E-state index contributed by atoms with van der Waals surface area (Å²) in [6, 6.07) is 6.04. The normalized spacial score (nSPS) is 20.7. The molecule has 110 valence electrons. The Morgan fingerprint density at radius 1 is 1.19 bits per heavy atom. The molecule has 0 saturated heterocycles. The first-order valence-corrected chi connectivity index (χ1v) is 7.19. The van der Waals surface area contributed by atoms with Gasteiger partial charge in [0.1, 0.15) is 5.84 Å². The van der Waals surface area contributed by atoms with Crippen LogP contribution in [0.1, 0.15) is 25.0 Å². The van der Waals surface area contributed by atoms with Crippen LogP contribution in [0.2, 0.25) is 0 Å². The molecule has 1 atom stereocenters. The van der Waals surface area contributed by atoms with Gasteiger partial charge >= 0.3 is 0 Å².